The van der Waals surface area contributed by atoms with Crippen LogP contribution >= 0.6 is 0 Å². The van der Waals surface area contributed by atoms with Gasteiger partial charge in [-0.05, 0) is 31.5 Å². The summed E-state index contributed by atoms with van der Waals surface area (Å²) in [4.78, 5) is 2.22. The third-order valence-corrected chi connectivity index (χ3v) is 3.28. The Morgan fingerprint density at radius 2 is 1.89 bits per heavy atom. The van der Waals surface area contributed by atoms with E-state index < -0.39 is 0 Å². The fraction of sp³-hybridized carbons (Fsp3) is 0.625. The SMILES string of the molecule is CCCc1ccc(C(N)CN(C)CCOCC)cc1. The van der Waals surface area contributed by atoms with Crippen molar-refractivity contribution in [2.45, 2.75) is 32.7 Å². The molecule has 0 saturated heterocycles. The second-order valence-electron chi connectivity index (χ2n) is 5.06. The van der Waals surface area contributed by atoms with E-state index in [4.69, 9.17) is 10.5 Å². The Balaban J connectivity index is 2.41. The lowest BCUT2D eigenvalue weighted by molar-refractivity contribution is 0.120. The van der Waals surface area contributed by atoms with Crippen LogP contribution in [0.4, 0.5) is 0 Å². The molecule has 0 amide bonds. The molecule has 0 radical (unpaired) electrons. The summed E-state index contributed by atoms with van der Waals surface area (Å²) in [5.74, 6) is 0. The van der Waals surface area contributed by atoms with Gasteiger partial charge in [0.05, 0.1) is 6.61 Å². The van der Waals surface area contributed by atoms with Crippen LogP contribution in [0.2, 0.25) is 0 Å². The summed E-state index contributed by atoms with van der Waals surface area (Å²) in [5.41, 5.74) is 8.84. The van der Waals surface area contributed by atoms with E-state index in [0.717, 1.165) is 32.7 Å². The van der Waals surface area contributed by atoms with Crippen molar-refractivity contribution in [3.8, 4) is 0 Å². The van der Waals surface area contributed by atoms with Gasteiger partial charge in [-0.15, -0.1) is 0 Å². The van der Waals surface area contributed by atoms with Crippen molar-refractivity contribution in [2.75, 3.05) is 33.4 Å². The van der Waals surface area contributed by atoms with Crippen molar-refractivity contribution >= 4 is 0 Å². The van der Waals surface area contributed by atoms with Crippen molar-refractivity contribution in [3.05, 3.63) is 35.4 Å². The number of nitrogens with zero attached hydrogens (tertiary/aromatic N) is 1. The summed E-state index contributed by atoms with van der Waals surface area (Å²) in [5, 5.41) is 0. The van der Waals surface area contributed by atoms with Gasteiger partial charge in [-0.3, -0.25) is 0 Å². The van der Waals surface area contributed by atoms with E-state index in [1.165, 1.54) is 17.5 Å². The van der Waals surface area contributed by atoms with Gasteiger partial charge < -0.3 is 15.4 Å². The van der Waals surface area contributed by atoms with Crippen molar-refractivity contribution < 1.29 is 4.74 Å². The van der Waals surface area contributed by atoms with Gasteiger partial charge in [0, 0.05) is 25.7 Å². The molecule has 1 atom stereocenters. The number of rotatable bonds is 9. The summed E-state index contributed by atoms with van der Waals surface area (Å²) in [7, 11) is 2.09. The second kappa shape index (κ2) is 9.08. The maximum Gasteiger partial charge on any atom is 0.0593 e. The van der Waals surface area contributed by atoms with Gasteiger partial charge in [0.15, 0.2) is 0 Å². The summed E-state index contributed by atoms with van der Waals surface area (Å²) in [6.07, 6.45) is 2.33. The number of nitrogens with two attached hydrogens (primary N) is 1. The molecule has 0 bridgehead atoms. The van der Waals surface area contributed by atoms with Gasteiger partial charge in [-0.2, -0.15) is 0 Å². The maximum atomic E-state index is 6.24. The molecule has 1 rings (SSSR count). The molecule has 1 unspecified atom stereocenters. The van der Waals surface area contributed by atoms with Crippen molar-refractivity contribution in [1.82, 2.24) is 4.90 Å². The smallest absolute Gasteiger partial charge is 0.0593 e. The van der Waals surface area contributed by atoms with Crippen LogP contribution in [0.15, 0.2) is 24.3 Å². The molecule has 0 saturated carbocycles. The number of aryl methyl sites for hydroxylation is 1. The average Bonchev–Trinajstić information content (AvgIpc) is 2.40. The second-order valence-corrected chi connectivity index (χ2v) is 5.06. The summed E-state index contributed by atoms with van der Waals surface area (Å²) in [6.45, 7) is 7.56. The Kier molecular flexibility index (Phi) is 7.72. The molecule has 19 heavy (non-hydrogen) atoms. The van der Waals surface area contributed by atoms with E-state index >= 15 is 0 Å². The normalized spacial score (nSPS) is 12.9. The lowest BCUT2D eigenvalue weighted by Crippen LogP contribution is -2.31. The molecular weight excluding hydrogens is 236 g/mol. The first kappa shape index (κ1) is 16.2. The van der Waals surface area contributed by atoms with E-state index in [-0.39, 0.29) is 6.04 Å². The molecule has 0 aromatic heterocycles. The molecule has 1 aromatic carbocycles. The monoisotopic (exact) mass is 264 g/mol. The highest BCUT2D eigenvalue weighted by Crippen LogP contribution is 2.13. The zero-order valence-electron chi connectivity index (χ0n) is 12.6. The third-order valence-electron chi connectivity index (χ3n) is 3.28. The van der Waals surface area contributed by atoms with E-state index in [2.05, 4.69) is 43.1 Å². The molecule has 0 aliphatic heterocycles. The van der Waals surface area contributed by atoms with E-state index in [9.17, 15) is 0 Å². The fourth-order valence-corrected chi connectivity index (χ4v) is 2.12. The van der Waals surface area contributed by atoms with Crippen LogP contribution in [0.25, 0.3) is 0 Å². The van der Waals surface area contributed by atoms with Crippen LogP contribution in [-0.2, 0) is 11.2 Å². The predicted octanol–water partition coefficient (Wildman–Crippen LogP) is 2.61. The molecule has 0 aliphatic rings. The first-order valence-corrected chi connectivity index (χ1v) is 7.28. The number of hydrogen-bond donors (Lipinski definition) is 1. The number of ether oxygens (including phenoxy) is 1. The predicted molar refractivity (Wildman–Crippen MR) is 81.4 cm³/mol. The minimum absolute atomic E-state index is 0.0716. The first-order valence-electron chi connectivity index (χ1n) is 7.28. The number of hydrogen-bond acceptors (Lipinski definition) is 3. The highest BCUT2D eigenvalue weighted by molar-refractivity contribution is 5.25. The maximum absolute atomic E-state index is 6.24. The molecule has 1 aromatic rings. The molecule has 0 fully saturated rings. The molecule has 0 heterocycles. The van der Waals surface area contributed by atoms with E-state index in [1.807, 2.05) is 6.92 Å². The van der Waals surface area contributed by atoms with Crippen LogP contribution in [0.5, 0.6) is 0 Å². The van der Waals surface area contributed by atoms with Crippen LogP contribution in [-0.4, -0.2) is 38.3 Å². The largest absolute Gasteiger partial charge is 0.380 e. The Morgan fingerprint density at radius 1 is 1.21 bits per heavy atom. The van der Waals surface area contributed by atoms with Crippen LogP contribution in [0, 0.1) is 0 Å². The Hall–Kier alpha value is -0.900. The Bertz CT molecular complexity index is 337. The number of benzene rings is 1. The average molecular weight is 264 g/mol. The van der Waals surface area contributed by atoms with Crippen molar-refractivity contribution in [1.29, 1.82) is 0 Å². The molecule has 3 nitrogen and oxygen atoms in total. The molecular formula is C16H28N2O. The van der Waals surface area contributed by atoms with Crippen LogP contribution in [0.1, 0.15) is 37.4 Å². The molecule has 108 valence electrons. The van der Waals surface area contributed by atoms with Gasteiger partial charge in [0.25, 0.3) is 0 Å². The molecule has 0 spiro atoms. The highest BCUT2D eigenvalue weighted by atomic mass is 16.5. The third kappa shape index (κ3) is 6.19. The molecule has 2 N–H and O–H groups in total. The number of likely N-dealkylation sites (N-methyl/N-ethyl adjacent to an activating group) is 1. The van der Waals surface area contributed by atoms with Gasteiger partial charge in [0.1, 0.15) is 0 Å². The minimum Gasteiger partial charge on any atom is -0.380 e. The van der Waals surface area contributed by atoms with Crippen molar-refractivity contribution in [2.24, 2.45) is 5.73 Å². The summed E-state index contributed by atoms with van der Waals surface area (Å²) >= 11 is 0. The zero-order chi connectivity index (χ0) is 14.1. The van der Waals surface area contributed by atoms with Gasteiger partial charge in [-0.25, -0.2) is 0 Å². The van der Waals surface area contributed by atoms with Gasteiger partial charge in [0.2, 0.25) is 0 Å². The lowest BCUT2D eigenvalue weighted by atomic mass is 10.0. The zero-order valence-corrected chi connectivity index (χ0v) is 12.6. The highest BCUT2D eigenvalue weighted by Gasteiger charge is 2.09. The van der Waals surface area contributed by atoms with E-state index in [0.29, 0.717) is 0 Å². The van der Waals surface area contributed by atoms with Crippen LogP contribution in [0.3, 0.4) is 0 Å². The molecule has 3 heteroatoms. The summed E-state index contributed by atoms with van der Waals surface area (Å²) < 4.78 is 5.35. The topological polar surface area (TPSA) is 38.5 Å². The fourth-order valence-electron chi connectivity index (χ4n) is 2.12. The van der Waals surface area contributed by atoms with Gasteiger partial charge >= 0.3 is 0 Å². The minimum atomic E-state index is 0.0716. The van der Waals surface area contributed by atoms with Crippen LogP contribution < -0.4 is 5.73 Å². The standard InChI is InChI=1S/C16H28N2O/c1-4-6-14-7-9-15(10-8-14)16(17)13-18(3)11-12-19-5-2/h7-10,16H,4-6,11-13,17H2,1-3H3. The van der Waals surface area contributed by atoms with Gasteiger partial charge in [-0.1, -0.05) is 37.6 Å². The quantitative estimate of drug-likeness (QED) is 0.697. The lowest BCUT2D eigenvalue weighted by Gasteiger charge is -2.21. The first-order chi connectivity index (χ1) is 9.17. The summed E-state index contributed by atoms with van der Waals surface area (Å²) in [6, 6.07) is 8.78. The van der Waals surface area contributed by atoms with E-state index in [1.54, 1.807) is 0 Å². The Labute approximate surface area is 117 Å². The van der Waals surface area contributed by atoms with Crippen molar-refractivity contribution in [3.63, 3.8) is 0 Å². The molecule has 0 aliphatic carbocycles. The Morgan fingerprint density at radius 3 is 2.47 bits per heavy atom.